The molecule has 0 aliphatic heterocycles. The van der Waals surface area contributed by atoms with E-state index < -0.39 is 0 Å². The third-order valence-electron chi connectivity index (χ3n) is 1.70. The molecule has 2 nitrogen and oxygen atoms in total. The highest BCUT2D eigenvalue weighted by Crippen LogP contribution is 2.10. The molecule has 0 aliphatic rings. The van der Waals surface area contributed by atoms with Gasteiger partial charge < -0.3 is 10.5 Å². The quantitative estimate of drug-likeness (QED) is 0.615. The zero-order chi connectivity index (χ0) is 8.85. The van der Waals surface area contributed by atoms with Crippen LogP contribution in [0.25, 0.3) is 0 Å². The van der Waals surface area contributed by atoms with Crippen molar-refractivity contribution in [1.82, 2.24) is 0 Å². The minimum absolute atomic E-state index is 0.0370. The van der Waals surface area contributed by atoms with Gasteiger partial charge in [0.25, 0.3) is 0 Å². The van der Waals surface area contributed by atoms with Crippen LogP contribution < -0.4 is 5.73 Å². The van der Waals surface area contributed by atoms with Crippen molar-refractivity contribution in [2.75, 3.05) is 7.11 Å². The first-order chi connectivity index (χ1) is 5.13. The number of rotatable bonds is 4. The van der Waals surface area contributed by atoms with Gasteiger partial charge in [-0.25, -0.2) is 0 Å². The lowest BCUT2D eigenvalue weighted by Crippen LogP contribution is -2.39. The second-order valence-electron chi connectivity index (χ2n) is 3.02. The lowest BCUT2D eigenvalue weighted by Gasteiger charge is -2.24. The summed E-state index contributed by atoms with van der Waals surface area (Å²) in [6, 6.07) is -0.0370. The van der Waals surface area contributed by atoms with Crippen molar-refractivity contribution >= 4 is 0 Å². The molecule has 0 saturated carbocycles. The minimum Gasteiger partial charge on any atom is -0.380 e. The molecule has 0 radical (unpaired) electrons. The van der Waals surface area contributed by atoms with Crippen molar-refractivity contribution in [1.29, 1.82) is 0 Å². The number of terminal acetylenes is 1. The Morgan fingerprint density at radius 1 is 1.55 bits per heavy atom. The fourth-order valence-electron chi connectivity index (χ4n) is 1.19. The molecule has 2 unspecified atom stereocenters. The number of methoxy groups -OCH3 is 1. The first kappa shape index (κ1) is 10.5. The van der Waals surface area contributed by atoms with Crippen LogP contribution in [0.3, 0.4) is 0 Å². The molecular formula is C9H17NO. The molecule has 0 rings (SSSR count). The van der Waals surface area contributed by atoms with E-state index in [9.17, 15) is 0 Å². The van der Waals surface area contributed by atoms with Gasteiger partial charge in [0.05, 0.1) is 6.10 Å². The summed E-state index contributed by atoms with van der Waals surface area (Å²) in [6.45, 7) is 4.15. The highest BCUT2D eigenvalue weighted by atomic mass is 16.5. The molecule has 2 atom stereocenters. The lowest BCUT2D eigenvalue weighted by molar-refractivity contribution is 0.0453. The maximum atomic E-state index is 5.77. The topological polar surface area (TPSA) is 35.2 Å². The first-order valence-corrected chi connectivity index (χ1v) is 3.85. The Hall–Kier alpha value is -0.520. The van der Waals surface area contributed by atoms with Crippen LogP contribution in [0.1, 0.15) is 20.3 Å². The molecule has 0 aromatic rings. The van der Waals surface area contributed by atoms with Crippen molar-refractivity contribution in [2.24, 2.45) is 11.7 Å². The van der Waals surface area contributed by atoms with Crippen molar-refractivity contribution in [2.45, 2.75) is 32.4 Å². The van der Waals surface area contributed by atoms with E-state index in [4.69, 9.17) is 16.9 Å². The molecule has 0 aromatic heterocycles. The van der Waals surface area contributed by atoms with Gasteiger partial charge >= 0.3 is 0 Å². The predicted molar refractivity (Wildman–Crippen MR) is 47.1 cm³/mol. The second kappa shape index (κ2) is 5.17. The largest absolute Gasteiger partial charge is 0.380 e. The van der Waals surface area contributed by atoms with Crippen molar-refractivity contribution in [3.05, 3.63) is 0 Å². The van der Waals surface area contributed by atoms with Crippen molar-refractivity contribution in [3.8, 4) is 12.3 Å². The Morgan fingerprint density at radius 3 is 2.36 bits per heavy atom. The molecule has 0 bridgehead atoms. The van der Waals surface area contributed by atoms with E-state index in [1.54, 1.807) is 7.11 Å². The Labute approximate surface area is 69.1 Å². The zero-order valence-corrected chi connectivity index (χ0v) is 7.50. The normalized spacial score (nSPS) is 16.0. The van der Waals surface area contributed by atoms with Crippen LogP contribution in [-0.2, 0) is 4.74 Å². The summed E-state index contributed by atoms with van der Waals surface area (Å²) >= 11 is 0. The summed E-state index contributed by atoms with van der Waals surface area (Å²) in [7, 11) is 1.67. The number of hydrogen-bond donors (Lipinski definition) is 1. The monoisotopic (exact) mass is 155 g/mol. The first-order valence-electron chi connectivity index (χ1n) is 3.85. The molecule has 0 fully saturated rings. The minimum atomic E-state index is -0.0370. The van der Waals surface area contributed by atoms with Crippen LogP contribution in [0.4, 0.5) is 0 Å². The zero-order valence-electron chi connectivity index (χ0n) is 7.50. The average Bonchev–Trinajstić information content (AvgIpc) is 1.88. The number of ether oxygens (including phenoxy) is 1. The lowest BCUT2D eigenvalue weighted by atomic mass is 9.98. The highest BCUT2D eigenvalue weighted by Gasteiger charge is 2.19. The third-order valence-corrected chi connectivity index (χ3v) is 1.70. The molecule has 2 N–H and O–H groups in total. The molecule has 64 valence electrons. The summed E-state index contributed by atoms with van der Waals surface area (Å²) in [5.41, 5.74) is 5.77. The van der Waals surface area contributed by atoms with Gasteiger partial charge in [0, 0.05) is 19.6 Å². The fourth-order valence-corrected chi connectivity index (χ4v) is 1.19. The van der Waals surface area contributed by atoms with Gasteiger partial charge in [-0.05, 0) is 5.92 Å². The van der Waals surface area contributed by atoms with Crippen LogP contribution in [-0.4, -0.2) is 19.3 Å². The molecule has 11 heavy (non-hydrogen) atoms. The molecule has 2 heteroatoms. The Morgan fingerprint density at radius 2 is 2.09 bits per heavy atom. The van der Waals surface area contributed by atoms with Crippen LogP contribution in [0.2, 0.25) is 0 Å². The van der Waals surface area contributed by atoms with Crippen LogP contribution >= 0.6 is 0 Å². The molecule has 0 aliphatic carbocycles. The highest BCUT2D eigenvalue weighted by molar-refractivity contribution is 4.92. The molecule has 0 saturated heterocycles. The van der Waals surface area contributed by atoms with Crippen LogP contribution in [0.5, 0.6) is 0 Å². The Kier molecular flexibility index (Phi) is 4.93. The van der Waals surface area contributed by atoms with E-state index in [0.29, 0.717) is 12.3 Å². The molecule has 0 amide bonds. The summed E-state index contributed by atoms with van der Waals surface area (Å²) in [6.07, 6.45) is 5.79. The van der Waals surface area contributed by atoms with Crippen molar-refractivity contribution < 1.29 is 4.74 Å². The Bertz CT molecular complexity index is 137. The third kappa shape index (κ3) is 3.41. The average molecular weight is 155 g/mol. The Balaban J connectivity index is 3.93. The summed E-state index contributed by atoms with van der Waals surface area (Å²) in [5.74, 6) is 2.95. The van der Waals surface area contributed by atoms with E-state index in [1.165, 1.54) is 0 Å². The molecule has 0 aromatic carbocycles. The number of nitrogens with two attached hydrogens (primary N) is 1. The van der Waals surface area contributed by atoms with E-state index in [1.807, 2.05) is 0 Å². The maximum absolute atomic E-state index is 5.77. The van der Waals surface area contributed by atoms with Gasteiger partial charge in [0.1, 0.15) is 0 Å². The summed E-state index contributed by atoms with van der Waals surface area (Å²) in [5, 5.41) is 0. The van der Waals surface area contributed by atoms with E-state index >= 15 is 0 Å². The van der Waals surface area contributed by atoms with Crippen molar-refractivity contribution in [3.63, 3.8) is 0 Å². The van der Waals surface area contributed by atoms with E-state index in [-0.39, 0.29) is 12.1 Å². The van der Waals surface area contributed by atoms with Crippen LogP contribution in [0.15, 0.2) is 0 Å². The van der Waals surface area contributed by atoms with E-state index in [0.717, 1.165) is 0 Å². The molecule has 0 heterocycles. The van der Waals surface area contributed by atoms with Gasteiger partial charge in [-0.1, -0.05) is 13.8 Å². The van der Waals surface area contributed by atoms with Gasteiger partial charge in [-0.3, -0.25) is 0 Å². The predicted octanol–water partition coefficient (Wildman–Crippen LogP) is 1.01. The summed E-state index contributed by atoms with van der Waals surface area (Å²) < 4.78 is 5.21. The maximum Gasteiger partial charge on any atom is 0.0754 e. The van der Waals surface area contributed by atoms with Crippen LogP contribution in [0, 0.1) is 18.3 Å². The standard InChI is InChI=1S/C9H17NO/c1-5-6-8(10)9(11-4)7(2)3/h1,7-9H,6,10H2,2-4H3. The summed E-state index contributed by atoms with van der Waals surface area (Å²) in [4.78, 5) is 0. The van der Waals surface area contributed by atoms with Gasteiger partial charge in [0.15, 0.2) is 0 Å². The van der Waals surface area contributed by atoms with E-state index in [2.05, 4.69) is 19.8 Å². The fraction of sp³-hybridized carbons (Fsp3) is 0.778. The SMILES string of the molecule is C#CCC(N)C(OC)C(C)C. The van der Waals surface area contributed by atoms with Gasteiger partial charge in [-0.2, -0.15) is 0 Å². The molecule has 0 spiro atoms. The van der Waals surface area contributed by atoms with Gasteiger partial charge in [0.2, 0.25) is 0 Å². The molecular weight excluding hydrogens is 138 g/mol. The van der Waals surface area contributed by atoms with Gasteiger partial charge in [-0.15, -0.1) is 12.3 Å². The smallest absolute Gasteiger partial charge is 0.0754 e. The second-order valence-corrected chi connectivity index (χ2v) is 3.02. The number of hydrogen-bond acceptors (Lipinski definition) is 2.